The maximum absolute atomic E-state index is 11.7. The molecule has 5 nitrogen and oxygen atoms in total. The second kappa shape index (κ2) is 5.68. The zero-order valence-corrected chi connectivity index (χ0v) is 10.1. The van der Waals surface area contributed by atoms with Crippen LogP contribution in [-0.4, -0.2) is 17.2 Å². The summed E-state index contributed by atoms with van der Waals surface area (Å²) < 4.78 is 0. The third-order valence-electron chi connectivity index (χ3n) is 2.40. The van der Waals surface area contributed by atoms with Gasteiger partial charge in [-0.2, -0.15) is 5.10 Å². The Morgan fingerprint density at radius 2 is 2.00 bits per heavy atom. The Morgan fingerprint density at radius 1 is 1.21 bits per heavy atom. The number of rotatable bonds is 3. The third-order valence-corrected chi connectivity index (χ3v) is 2.40. The van der Waals surface area contributed by atoms with E-state index < -0.39 is 0 Å². The fourth-order valence-corrected chi connectivity index (χ4v) is 1.51. The number of nitrogens with zero attached hydrogens (tertiary/aromatic N) is 1. The van der Waals surface area contributed by atoms with Crippen molar-refractivity contribution >= 4 is 17.8 Å². The van der Waals surface area contributed by atoms with Gasteiger partial charge in [0.25, 0.3) is 5.91 Å². The molecule has 2 aromatic carbocycles. The number of anilines is 1. The molecule has 4 N–H and O–H groups in total. The Balaban J connectivity index is 2.01. The molecule has 0 saturated heterocycles. The van der Waals surface area contributed by atoms with Crippen LogP contribution >= 0.6 is 0 Å². The number of nitrogens with one attached hydrogen (secondary N) is 1. The number of hydrazone groups is 1. The minimum atomic E-state index is -0.344. The number of aromatic hydroxyl groups is 1. The molecule has 0 aromatic heterocycles. The summed E-state index contributed by atoms with van der Waals surface area (Å²) in [7, 11) is 0. The van der Waals surface area contributed by atoms with E-state index in [0.29, 0.717) is 16.8 Å². The van der Waals surface area contributed by atoms with Gasteiger partial charge in [0.15, 0.2) is 0 Å². The maximum atomic E-state index is 11.7. The average Bonchev–Trinajstić information content (AvgIpc) is 2.38. The Labute approximate surface area is 110 Å². The Bertz CT molecular complexity index is 624. The van der Waals surface area contributed by atoms with Gasteiger partial charge in [-0.15, -0.1) is 0 Å². The largest absolute Gasteiger partial charge is 0.508 e. The van der Waals surface area contributed by atoms with Crippen LogP contribution in [0.3, 0.4) is 0 Å². The monoisotopic (exact) mass is 255 g/mol. The van der Waals surface area contributed by atoms with Crippen LogP contribution in [0.5, 0.6) is 5.75 Å². The molecule has 0 radical (unpaired) electrons. The number of benzene rings is 2. The van der Waals surface area contributed by atoms with Crippen LogP contribution in [0.15, 0.2) is 53.6 Å². The molecule has 0 unspecified atom stereocenters. The van der Waals surface area contributed by atoms with Gasteiger partial charge < -0.3 is 10.8 Å². The van der Waals surface area contributed by atoms with Crippen molar-refractivity contribution in [2.75, 3.05) is 5.73 Å². The highest BCUT2D eigenvalue weighted by molar-refractivity contribution is 5.95. The Morgan fingerprint density at radius 3 is 2.74 bits per heavy atom. The van der Waals surface area contributed by atoms with Crippen molar-refractivity contribution in [2.45, 2.75) is 0 Å². The Hall–Kier alpha value is -2.82. The van der Waals surface area contributed by atoms with Gasteiger partial charge in [-0.25, -0.2) is 5.43 Å². The van der Waals surface area contributed by atoms with E-state index in [0.717, 1.165) is 0 Å². The number of amides is 1. The number of carbonyl (C=O) groups is 1. The lowest BCUT2D eigenvalue weighted by molar-refractivity contribution is 0.0955. The molecule has 0 bridgehead atoms. The number of hydrogen-bond donors (Lipinski definition) is 3. The number of carbonyl (C=O) groups excluding carboxylic acids is 1. The van der Waals surface area contributed by atoms with E-state index >= 15 is 0 Å². The summed E-state index contributed by atoms with van der Waals surface area (Å²) in [5.74, 6) is -0.199. The van der Waals surface area contributed by atoms with Crippen LogP contribution in [0.4, 0.5) is 5.69 Å². The van der Waals surface area contributed by atoms with Gasteiger partial charge >= 0.3 is 0 Å². The van der Waals surface area contributed by atoms with E-state index in [2.05, 4.69) is 10.5 Å². The lowest BCUT2D eigenvalue weighted by Crippen LogP contribution is -2.17. The van der Waals surface area contributed by atoms with Gasteiger partial charge in [-0.3, -0.25) is 4.79 Å². The molecule has 5 heteroatoms. The van der Waals surface area contributed by atoms with Crippen LogP contribution in [0, 0.1) is 0 Å². The van der Waals surface area contributed by atoms with Crippen LogP contribution in [0.2, 0.25) is 0 Å². The quantitative estimate of drug-likeness (QED) is 0.443. The van der Waals surface area contributed by atoms with Crippen molar-refractivity contribution in [3.05, 3.63) is 59.7 Å². The predicted octanol–water partition coefficient (Wildman–Crippen LogP) is 1.74. The van der Waals surface area contributed by atoms with Crippen LogP contribution in [0.25, 0.3) is 0 Å². The first kappa shape index (κ1) is 12.6. The zero-order chi connectivity index (χ0) is 13.7. The molecule has 0 atom stereocenters. The number of nitrogen functional groups attached to an aromatic ring is 1. The molecule has 19 heavy (non-hydrogen) atoms. The molecule has 0 aliphatic rings. The minimum Gasteiger partial charge on any atom is -0.508 e. The number of hydrogen-bond acceptors (Lipinski definition) is 4. The summed E-state index contributed by atoms with van der Waals surface area (Å²) in [6, 6.07) is 13.2. The first-order chi connectivity index (χ1) is 9.15. The van der Waals surface area contributed by atoms with Crippen LogP contribution in [-0.2, 0) is 0 Å². The highest BCUT2D eigenvalue weighted by Crippen LogP contribution is 2.09. The van der Waals surface area contributed by atoms with E-state index in [9.17, 15) is 9.90 Å². The van der Waals surface area contributed by atoms with Gasteiger partial charge in [0, 0.05) is 11.3 Å². The summed E-state index contributed by atoms with van der Waals surface area (Å²) >= 11 is 0. The van der Waals surface area contributed by atoms with Gasteiger partial charge in [-0.1, -0.05) is 18.2 Å². The average molecular weight is 255 g/mol. The number of nitrogens with two attached hydrogens (primary N) is 1. The van der Waals surface area contributed by atoms with Gasteiger partial charge in [0.2, 0.25) is 0 Å². The summed E-state index contributed by atoms with van der Waals surface area (Å²) in [5.41, 5.74) is 9.62. The van der Waals surface area contributed by atoms with Crippen molar-refractivity contribution in [3.8, 4) is 5.75 Å². The Kier molecular flexibility index (Phi) is 3.78. The van der Waals surface area contributed by atoms with Crippen molar-refractivity contribution in [2.24, 2.45) is 5.10 Å². The van der Waals surface area contributed by atoms with E-state index in [4.69, 9.17) is 5.73 Å². The normalized spacial score (nSPS) is 10.5. The molecule has 1 amide bonds. The van der Waals surface area contributed by atoms with Crippen molar-refractivity contribution < 1.29 is 9.90 Å². The fourth-order valence-electron chi connectivity index (χ4n) is 1.51. The highest BCUT2D eigenvalue weighted by atomic mass is 16.3. The maximum Gasteiger partial charge on any atom is 0.271 e. The predicted molar refractivity (Wildman–Crippen MR) is 74.0 cm³/mol. The second-order valence-corrected chi connectivity index (χ2v) is 3.92. The van der Waals surface area contributed by atoms with Gasteiger partial charge in [0.05, 0.1) is 6.21 Å². The summed E-state index contributed by atoms with van der Waals surface area (Å²) in [6.07, 6.45) is 1.45. The molecule has 2 aromatic rings. The second-order valence-electron chi connectivity index (χ2n) is 3.92. The zero-order valence-electron chi connectivity index (χ0n) is 10.1. The SMILES string of the molecule is Nc1cccc(C(=O)NN=Cc2cccc(O)c2)c1. The van der Waals surface area contributed by atoms with E-state index in [1.165, 1.54) is 12.3 Å². The lowest BCUT2D eigenvalue weighted by Gasteiger charge is -2.00. The smallest absolute Gasteiger partial charge is 0.271 e. The third kappa shape index (κ3) is 3.57. The van der Waals surface area contributed by atoms with Crippen molar-refractivity contribution in [1.82, 2.24) is 5.43 Å². The molecule has 2 rings (SSSR count). The molecule has 0 spiro atoms. The van der Waals surface area contributed by atoms with E-state index in [1.807, 2.05) is 0 Å². The highest BCUT2D eigenvalue weighted by Gasteiger charge is 2.03. The van der Waals surface area contributed by atoms with E-state index in [-0.39, 0.29) is 11.7 Å². The summed E-state index contributed by atoms with van der Waals surface area (Å²) in [4.78, 5) is 11.7. The molecular formula is C14H13N3O2. The van der Waals surface area contributed by atoms with Crippen LogP contribution in [0.1, 0.15) is 15.9 Å². The van der Waals surface area contributed by atoms with E-state index in [1.54, 1.807) is 42.5 Å². The number of phenols is 1. The lowest BCUT2D eigenvalue weighted by atomic mass is 10.2. The molecule has 0 fully saturated rings. The fraction of sp³-hybridized carbons (Fsp3) is 0. The standard InChI is InChI=1S/C14H13N3O2/c15-12-5-2-4-11(8-12)14(19)17-16-9-10-3-1-6-13(18)7-10/h1-9,18H,15H2,(H,17,19). The summed E-state index contributed by atoms with van der Waals surface area (Å²) in [6.45, 7) is 0. The summed E-state index contributed by atoms with van der Waals surface area (Å²) in [5, 5.41) is 13.1. The van der Waals surface area contributed by atoms with Gasteiger partial charge in [0.1, 0.15) is 5.75 Å². The molecule has 0 aliphatic carbocycles. The van der Waals surface area contributed by atoms with Crippen molar-refractivity contribution in [1.29, 1.82) is 0 Å². The first-order valence-corrected chi connectivity index (χ1v) is 5.63. The molecule has 0 saturated carbocycles. The molecule has 0 aliphatic heterocycles. The molecular weight excluding hydrogens is 242 g/mol. The van der Waals surface area contributed by atoms with Crippen LogP contribution < -0.4 is 11.2 Å². The first-order valence-electron chi connectivity index (χ1n) is 5.63. The topological polar surface area (TPSA) is 87.7 Å². The molecule has 0 heterocycles. The number of phenolic OH excluding ortho intramolecular Hbond substituents is 1. The molecule has 96 valence electrons. The van der Waals surface area contributed by atoms with Gasteiger partial charge in [-0.05, 0) is 35.9 Å². The van der Waals surface area contributed by atoms with Crippen molar-refractivity contribution in [3.63, 3.8) is 0 Å². The minimum absolute atomic E-state index is 0.145.